The van der Waals surface area contributed by atoms with Crippen molar-refractivity contribution in [1.29, 1.82) is 0 Å². The number of azo groups is 1. The van der Waals surface area contributed by atoms with Gasteiger partial charge in [0.1, 0.15) is 0 Å². The van der Waals surface area contributed by atoms with E-state index in [2.05, 4.69) is 15.0 Å². The van der Waals surface area contributed by atoms with E-state index in [1.165, 1.54) is 12.0 Å². The van der Waals surface area contributed by atoms with Gasteiger partial charge in [0.05, 0.1) is 20.3 Å². The van der Waals surface area contributed by atoms with Crippen LogP contribution in [0.2, 0.25) is 0 Å². The van der Waals surface area contributed by atoms with Crippen molar-refractivity contribution >= 4 is 6.09 Å². The van der Waals surface area contributed by atoms with Gasteiger partial charge in [0.2, 0.25) is 0 Å². The van der Waals surface area contributed by atoms with Gasteiger partial charge in [-0.05, 0) is 13.8 Å². The first kappa shape index (κ1) is 10.3. The summed E-state index contributed by atoms with van der Waals surface area (Å²) in [6, 6.07) is -1.42. The fourth-order valence-corrected chi connectivity index (χ4v) is 1.52. The van der Waals surface area contributed by atoms with Crippen molar-refractivity contribution in [3.63, 3.8) is 0 Å². The van der Waals surface area contributed by atoms with Crippen LogP contribution in [0.1, 0.15) is 13.8 Å². The second-order valence-electron chi connectivity index (χ2n) is 3.77. The number of carbonyl (C=O) groups excluding carboxylic acids is 1. The number of ether oxygens (including phenoxy) is 3. The van der Waals surface area contributed by atoms with Crippen LogP contribution in [-0.2, 0) is 14.2 Å². The van der Waals surface area contributed by atoms with Crippen molar-refractivity contribution in [2.45, 2.75) is 25.6 Å². The molecule has 2 aliphatic rings. The lowest BCUT2D eigenvalue weighted by Crippen LogP contribution is -2.49. The Morgan fingerprint density at radius 3 is 2.73 bits per heavy atom. The van der Waals surface area contributed by atoms with Gasteiger partial charge in [-0.25, -0.2) is 9.69 Å². The molecule has 2 aliphatic heterocycles. The van der Waals surface area contributed by atoms with Crippen molar-refractivity contribution in [2.24, 2.45) is 10.2 Å². The van der Waals surface area contributed by atoms with E-state index in [9.17, 15) is 4.79 Å². The lowest BCUT2D eigenvalue weighted by Gasteiger charge is -2.28. The molecular weight excluding hydrogens is 202 g/mol. The largest absolute Gasteiger partial charge is 0.453 e. The maximum absolute atomic E-state index is 11.4. The summed E-state index contributed by atoms with van der Waals surface area (Å²) in [6.07, 6.45) is -0.538. The van der Waals surface area contributed by atoms with Gasteiger partial charge < -0.3 is 9.47 Å². The summed E-state index contributed by atoms with van der Waals surface area (Å²) in [5.41, 5.74) is -0.781. The third-order valence-electron chi connectivity index (χ3n) is 2.14. The zero-order valence-electron chi connectivity index (χ0n) is 8.89. The molecule has 84 valence electrons. The van der Waals surface area contributed by atoms with Crippen LogP contribution in [0.15, 0.2) is 10.2 Å². The average molecular weight is 215 g/mol. The van der Waals surface area contributed by atoms with E-state index in [1.807, 2.05) is 0 Å². The highest BCUT2D eigenvalue weighted by Gasteiger charge is 2.55. The van der Waals surface area contributed by atoms with Gasteiger partial charge in [0.25, 0.3) is 0 Å². The second kappa shape index (κ2) is 3.14. The number of nitrogens with zero attached hydrogens (tertiary/aromatic N) is 3. The molecule has 0 bridgehead atoms. The quantitative estimate of drug-likeness (QED) is 0.602. The van der Waals surface area contributed by atoms with Gasteiger partial charge in [0, 0.05) is 0 Å². The molecule has 0 N–H and O–H groups in total. The maximum atomic E-state index is 11.4. The highest BCUT2D eigenvalue weighted by molar-refractivity contribution is 5.68. The zero-order valence-corrected chi connectivity index (χ0v) is 8.89. The predicted octanol–water partition coefficient (Wildman–Crippen LogP) is 0.915. The Morgan fingerprint density at radius 2 is 2.20 bits per heavy atom. The third-order valence-corrected chi connectivity index (χ3v) is 2.14. The van der Waals surface area contributed by atoms with Gasteiger partial charge >= 0.3 is 12.1 Å². The van der Waals surface area contributed by atoms with Crippen LogP contribution in [0.25, 0.3) is 0 Å². The van der Waals surface area contributed by atoms with Crippen LogP contribution in [0, 0.1) is 0 Å². The summed E-state index contributed by atoms with van der Waals surface area (Å²) >= 11 is 0. The summed E-state index contributed by atoms with van der Waals surface area (Å²) in [7, 11) is 1.30. The molecule has 0 aromatic rings. The molecule has 1 amide bonds. The lowest BCUT2D eigenvalue weighted by atomic mass is 10.3. The average Bonchev–Trinajstić information content (AvgIpc) is 2.70. The van der Waals surface area contributed by atoms with E-state index in [0.717, 1.165) is 0 Å². The number of hydrogen-bond donors (Lipinski definition) is 0. The van der Waals surface area contributed by atoms with Crippen LogP contribution >= 0.6 is 0 Å². The van der Waals surface area contributed by atoms with E-state index in [-0.39, 0.29) is 0 Å². The molecule has 0 aliphatic carbocycles. The van der Waals surface area contributed by atoms with Gasteiger partial charge in [-0.3, -0.25) is 4.74 Å². The minimum atomic E-state index is -1.42. The van der Waals surface area contributed by atoms with Gasteiger partial charge in [-0.1, -0.05) is 0 Å². The molecule has 0 saturated carbocycles. The summed E-state index contributed by atoms with van der Waals surface area (Å²) < 4.78 is 15.4. The number of rotatable bonds is 0. The normalized spacial score (nSPS) is 32.6. The molecule has 0 aromatic carbocycles. The van der Waals surface area contributed by atoms with E-state index >= 15 is 0 Å². The first-order valence-electron chi connectivity index (χ1n) is 4.63. The molecule has 15 heavy (non-hydrogen) atoms. The second-order valence-corrected chi connectivity index (χ2v) is 3.77. The van der Waals surface area contributed by atoms with Gasteiger partial charge in [-0.15, -0.1) is 5.11 Å². The number of carbonyl (C=O) groups is 1. The molecule has 2 heterocycles. The van der Waals surface area contributed by atoms with E-state index in [4.69, 9.17) is 9.47 Å². The summed E-state index contributed by atoms with van der Waals surface area (Å²) in [5.74, 6) is 0. The molecule has 7 heteroatoms. The molecule has 0 radical (unpaired) electrons. The van der Waals surface area contributed by atoms with Crippen LogP contribution in [0.4, 0.5) is 4.79 Å². The molecule has 1 fully saturated rings. The Bertz CT molecular complexity index is 317. The first-order chi connectivity index (χ1) is 6.99. The van der Waals surface area contributed by atoms with Crippen molar-refractivity contribution in [2.75, 3.05) is 20.3 Å². The van der Waals surface area contributed by atoms with Gasteiger partial charge in [0.15, 0.2) is 5.72 Å². The molecular formula is C8H13N3O4. The number of hydrogen-bond acceptors (Lipinski definition) is 6. The number of amides is 1. The van der Waals surface area contributed by atoms with Crippen LogP contribution < -0.4 is 0 Å². The van der Waals surface area contributed by atoms with Crippen molar-refractivity contribution in [3.05, 3.63) is 0 Å². The summed E-state index contributed by atoms with van der Waals surface area (Å²) in [6.45, 7) is 4.21. The molecule has 1 unspecified atom stereocenters. The molecule has 7 nitrogen and oxygen atoms in total. The van der Waals surface area contributed by atoms with Gasteiger partial charge in [-0.2, -0.15) is 5.11 Å². The van der Waals surface area contributed by atoms with Crippen LogP contribution in [0.5, 0.6) is 0 Å². The Labute approximate surface area is 87.0 Å². The third kappa shape index (κ3) is 1.57. The molecule has 2 rings (SSSR count). The van der Waals surface area contributed by atoms with Crippen LogP contribution in [-0.4, -0.2) is 43.0 Å². The fourth-order valence-electron chi connectivity index (χ4n) is 1.52. The Kier molecular flexibility index (Phi) is 2.16. The molecule has 0 aromatic heterocycles. The van der Waals surface area contributed by atoms with E-state index in [1.54, 1.807) is 13.8 Å². The topological polar surface area (TPSA) is 72.7 Å². The standard InChI is InChI=1S/C8H13N3O4/c1-7(2)9-10-8(15-7)11(4-5-14-8)6(12)13-3/h4-5H2,1-3H3. The molecule has 1 atom stereocenters. The van der Waals surface area contributed by atoms with E-state index in [0.29, 0.717) is 13.2 Å². The maximum Gasteiger partial charge on any atom is 0.415 e. The zero-order chi connectivity index (χ0) is 11.1. The summed E-state index contributed by atoms with van der Waals surface area (Å²) in [5, 5.41) is 7.77. The highest BCUT2D eigenvalue weighted by atomic mass is 16.8. The van der Waals surface area contributed by atoms with E-state index < -0.39 is 17.9 Å². The smallest absolute Gasteiger partial charge is 0.415 e. The highest BCUT2D eigenvalue weighted by Crippen LogP contribution is 2.38. The first-order valence-corrected chi connectivity index (χ1v) is 4.63. The number of methoxy groups -OCH3 is 1. The summed E-state index contributed by atoms with van der Waals surface area (Å²) in [4.78, 5) is 12.7. The Balaban J connectivity index is 2.22. The van der Waals surface area contributed by atoms with Crippen molar-refractivity contribution in [3.8, 4) is 0 Å². The Morgan fingerprint density at radius 1 is 1.47 bits per heavy atom. The fraction of sp³-hybridized carbons (Fsp3) is 0.875. The predicted molar refractivity (Wildman–Crippen MR) is 47.8 cm³/mol. The van der Waals surface area contributed by atoms with Crippen molar-refractivity contribution in [1.82, 2.24) is 4.90 Å². The van der Waals surface area contributed by atoms with Crippen molar-refractivity contribution < 1.29 is 19.0 Å². The molecule has 1 saturated heterocycles. The minimum Gasteiger partial charge on any atom is -0.453 e. The minimum absolute atomic E-state index is 0.351. The monoisotopic (exact) mass is 215 g/mol. The molecule has 1 spiro atoms. The van der Waals surface area contributed by atoms with Crippen LogP contribution in [0.3, 0.4) is 0 Å². The Hall–Kier alpha value is -1.21. The SMILES string of the molecule is COC(=O)N1CCOC12N=NC(C)(C)O2. The lowest BCUT2D eigenvalue weighted by molar-refractivity contribution is -0.276.